The predicted octanol–water partition coefficient (Wildman–Crippen LogP) is -0.276. The molecule has 1 heterocycles. The maximum atomic E-state index is 10.5. The lowest BCUT2D eigenvalue weighted by Gasteiger charge is -1.95. The summed E-state index contributed by atoms with van der Waals surface area (Å²) < 4.78 is 4.63. The quantitative estimate of drug-likeness (QED) is 0.384. The zero-order valence-electron chi connectivity index (χ0n) is 4.94. The highest BCUT2D eigenvalue weighted by molar-refractivity contribution is 4.98. The van der Waals surface area contributed by atoms with Crippen molar-refractivity contribution in [2.45, 2.75) is 0 Å². The van der Waals surface area contributed by atoms with Gasteiger partial charge in [0.25, 0.3) is 0 Å². The molecule has 0 atom stereocenters. The summed E-state index contributed by atoms with van der Waals surface area (Å²) in [7, 11) is 1.42. The number of rotatable bonds is 1. The minimum atomic E-state index is 0.206. The Labute approximate surface area is 52.3 Å². The molecule has 0 unspecified atom stereocenters. The molecule has 0 aliphatic carbocycles. The van der Waals surface area contributed by atoms with Crippen molar-refractivity contribution in [3.05, 3.63) is 23.5 Å². The minimum Gasteiger partial charge on any atom is -0.591 e. The van der Waals surface area contributed by atoms with Gasteiger partial charge in [-0.2, -0.15) is 0 Å². The van der Waals surface area contributed by atoms with Crippen molar-refractivity contribution in [3.8, 4) is 5.88 Å². The van der Waals surface area contributed by atoms with Crippen LogP contribution in [0.5, 0.6) is 5.88 Å². The molecular formula is C5H6N2O2. The Morgan fingerprint density at radius 2 is 2.56 bits per heavy atom. The predicted molar refractivity (Wildman–Crippen MR) is 29.7 cm³/mol. The molecule has 1 aromatic rings. The van der Waals surface area contributed by atoms with Crippen LogP contribution in [0.25, 0.3) is 0 Å². The van der Waals surface area contributed by atoms with Crippen LogP contribution in [0, 0.1) is 5.21 Å². The van der Waals surface area contributed by atoms with Gasteiger partial charge in [-0.1, -0.05) is 0 Å². The molecule has 0 aliphatic rings. The van der Waals surface area contributed by atoms with Gasteiger partial charge in [-0.3, -0.25) is 0 Å². The first-order valence-corrected chi connectivity index (χ1v) is 2.43. The van der Waals surface area contributed by atoms with E-state index in [1.807, 2.05) is 0 Å². The van der Waals surface area contributed by atoms with Gasteiger partial charge in [-0.05, 0) is 10.9 Å². The molecule has 0 aromatic carbocycles. The normalized spacial score (nSPS) is 9.00. The largest absolute Gasteiger partial charge is 0.591 e. The number of nitrogens with zero attached hydrogens (tertiary/aromatic N) is 2. The Bertz CT molecular complexity index is 202. The van der Waals surface area contributed by atoms with Crippen molar-refractivity contribution < 1.29 is 9.58 Å². The summed E-state index contributed by atoms with van der Waals surface area (Å²) >= 11 is 0. The highest BCUT2D eigenvalue weighted by atomic mass is 16.6. The second-order valence-corrected chi connectivity index (χ2v) is 1.44. The highest BCUT2D eigenvalue weighted by Gasteiger charge is 2.00. The van der Waals surface area contributed by atoms with E-state index in [1.54, 1.807) is 12.1 Å². The van der Waals surface area contributed by atoms with E-state index in [4.69, 9.17) is 0 Å². The van der Waals surface area contributed by atoms with Crippen molar-refractivity contribution in [1.29, 1.82) is 0 Å². The molecule has 0 saturated carbocycles. The fourth-order valence-corrected chi connectivity index (χ4v) is 0.491. The Morgan fingerprint density at radius 1 is 1.78 bits per heavy atom. The zero-order chi connectivity index (χ0) is 6.69. The van der Waals surface area contributed by atoms with Crippen LogP contribution in [0.1, 0.15) is 0 Å². The third-order valence-corrected chi connectivity index (χ3v) is 0.894. The van der Waals surface area contributed by atoms with Crippen LogP contribution >= 0.6 is 0 Å². The molecule has 0 fully saturated rings. The van der Waals surface area contributed by atoms with Crippen molar-refractivity contribution >= 4 is 0 Å². The first-order valence-electron chi connectivity index (χ1n) is 2.43. The number of hydrogen-bond donors (Lipinski definition) is 0. The first kappa shape index (κ1) is 5.81. The van der Waals surface area contributed by atoms with Crippen LogP contribution < -0.4 is 9.58 Å². The summed E-state index contributed by atoms with van der Waals surface area (Å²) in [6, 6.07) is 3.17. The Kier molecular flexibility index (Phi) is 1.48. The van der Waals surface area contributed by atoms with Gasteiger partial charge in [0.1, 0.15) is 0 Å². The van der Waals surface area contributed by atoms with Crippen LogP contribution in [-0.2, 0) is 0 Å². The summed E-state index contributed by atoms with van der Waals surface area (Å²) in [5.74, 6) is 0.206. The average Bonchev–Trinajstić information content (AvgIpc) is 1.89. The van der Waals surface area contributed by atoms with E-state index in [9.17, 15) is 5.21 Å². The van der Waals surface area contributed by atoms with Crippen molar-refractivity contribution in [2.75, 3.05) is 7.11 Å². The molecule has 0 spiro atoms. The van der Waals surface area contributed by atoms with Crippen LogP contribution in [0.15, 0.2) is 18.3 Å². The molecular weight excluding hydrogens is 120 g/mol. The summed E-state index contributed by atoms with van der Waals surface area (Å²) in [6.45, 7) is 0. The summed E-state index contributed by atoms with van der Waals surface area (Å²) in [6.07, 6.45) is 1.40. The van der Waals surface area contributed by atoms with Crippen molar-refractivity contribution in [3.63, 3.8) is 0 Å². The third kappa shape index (κ3) is 1.07. The number of hydrogen-bond acceptors (Lipinski definition) is 3. The molecule has 48 valence electrons. The smallest absolute Gasteiger partial charge is 0.405 e. The maximum absolute atomic E-state index is 10.5. The lowest BCUT2D eigenvalue weighted by atomic mass is 10.6. The topological polar surface area (TPSA) is 49.1 Å². The van der Waals surface area contributed by atoms with E-state index in [1.165, 1.54) is 13.3 Å². The van der Waals surface area contributed by atoms with Gasteiger partial charge in [0, 0.05) is 5.10 Å². The Hall–Kier alpha value is -1.32. The maximum Gasteiger partial charge on any atom is 0.405 e. The number of ether oxygens (including phenoxy) is 1. The molecule has 1 aromatic heterocycles. The van der Waals surface area contributed by atoms with Crippen LogP contribution in [-0.4, -0.2) is 12.2 Å². The van der Waals surface area contributed by atoms with Gasteiger partial charge in [0.2, 0.25) is 0 Å². The molecule has 0 bridgehead atoms. The van der Waals surface area contributed by atoms with E-state index in [0.29, 0.717) is 4.85 Å². The molecule has 0 N–H and O–H groups in total. The second kappa shape index (κ2) is 2.30. The van der Waals surface area contributed by atoms with E-state index in [-0.39, 0.29) is 5.88 Å². The van der Waals surface area contributed by atoms with Crippen LogP contribution in [0.2, 0.25) is 0 Å². The molecule has 0 radical (unpaired) electrons. The number of methoxy groups -OCH3 is 1. The molecule has 0 saturated heterocycles. The lowest BCUT2D eigenvalue weighted by molar-refractivity contribution is -0.674. The molecule has 0 aliphatic heterocycles. The lowest BCUT2D eigenvalue weighted by Crippen LogP contribution is -2.32. The van der Waals surface area contributed by atoms with Crippen LogP contribution in [0.3, 0.4) is 0 Å². The van der Waals surface area contributed by atoms with Gasteiger partial charge in [0.15, 0.2) is 0 Å². The monoisotopic (exact) mass is 126 g/mol. The first-order chi connectivity index (χ1) is 4.34. The summed E-state index contributed by atoms with van der Waals surface area (Å²) in [5.41, 5.74) is 0. The molecule has 0 amide bonds. The second-order valence-electron chi connectivity index (χ2n) is 1.44. The van der Waals surface area contributed by atoms with E-state index >= 15 is 0 Å². The van der Waals surface area contributed by atoms with Gasteiger partial charge in [-0.25, -0.2) is 0 Å². The van der Waals surface area contributed by atoms with Crippen LogP contribution in [0.4, 0.5) is 0 Å². The zero-order valence-corrected chi connectivity index (χ0v) is 4.94. The molecule has 4 heteroatoms. The highest BCUT2D eigenvalue weighted by Crippen LogP contribution is 1.95. The fraction of sp³-hybridized carbons (Fsp3) is 0.200. The average molecular weight is 126 g/mol. The van der Waals surface area contributed by atoms with Gasteiger partial charge in [-0.15, -0.1) is 0 Å². The Morgan fingerprint density at radius 3 is 3.00 bits per heavy atom. The minimum absolute atomic E-state index is 0.206. The number of aromatic nitrogens is 2. The van der Waals surface area contributed by atoms with Gasteiger partial charge in [0.05, 0.1) is 19.4 Å². The van der Waals surface area contributed by atoms with E-state index in [0.717, 1.165) is 0 Å². The summed E-state index contributed by atoms with van der Waals surface area (Å²) in [4.78, 5) is 0.417. The summed E-state index contributed by atoms with van der Waals surface area (Å²) in [5, 5.41) is 13.9. The standard InChI is InChI=1S/C5H6N2O2/c1-9-5-3-2-4-6-7(5)8/h2-4H,1H3. The van der Waals surface area contributed by atoms with Gasteiger partial charge >= 0.3 is 5.88 Å². The third-order valence-electron chi connectivity index (χ3n) is 0.894. The van der Waals surface area contributed by atoms with E-state index < -0.39 is 0 Å². The van der Waals surface area contributed by atoms with E-state index in [2.05, 4.69) is 9.84 Å². The molecule has 9 heavy (non-hydrogen) atoms. The molecule has 4 nitrogen and oxygen atoms in total. The van der Waals surface area contributed by atoms with Gasteiger partial charge < -0.3 is 9.94 Å². The SMILES string of the molecule is COc1cccn[n+]1[O-]. The van der Waals surface area contributed by atoms with Crippen molar-refractivity contribution in [1.82, 2.24) is 5.10 Å². The molecule has 1 rings (SSSR count). The fourth-order valence-electron chi connectivity index (χ4n) is 0.491. The Balaban J connectivity index is 3.01. The van der Waals surface area contributed by atoms with Crippen molar-refractivity contribution in [2.24, 2.45) is 0 Å².